The zero-order valence-corrected chi connectivity index (χ0v) is 10.2. The fourth-order valence-corrected chi connectivity index (χ4v) is 1.55. The molecule has 0 unspecified atom stereocenters. The number of nitrogens with zero attached hydrogens (tertiary/aromatic N) is 1. The van der Waals surface area contributed by atoms with Crippen molar-refractivity contribution >= 4 is 28.3 Å². The third kappa shape index (κ3) is 2.81. The van der Waals surface area contributed by atoms with Gasteiger partial charge in [0.2, 0.25) is 5.89 Å². The summed E-state index contributed by atoms with van der Waals surface area (Å²) in [5.41, 5.74) is 7.15. The third-order valence-electron chi connectivity index (χ3n) is 1.83. The minimum Gasteiger partial charge on any atom is -0.444 e. The molecular weight excluding hydrogens is 279 g/mol. The summed E-state index contributed by atoms with van der Waals surface area (Å²) >= 11 is 3.39. The first-order valence-electron chi connectivity index (χ1n) is 4.20. The quantitative estimate of drug-likeness (QED) is 0.924. The monoisotopic (exact) mass is 288 g/mol. The second-order valence-corrected chi connectivity index (χ2v) is 3.77. The van der Waals surface area contributed by atoms with Crippen LogP contribution in [0.5, 0.6) is 0 Å². The molecule has 0 fully saturated rings. The number of benzene rings is 1. The lowest BCUT2D eigenvalue weighted by atomic mass is 10.2. The molecule has 0 radical (unpaired) electrons. The molecule has 80 valence electrons. The van der Waals surface area contributed by atoms with Crippen molar-refractivity contribution in [1.29, 1.82) is 0 Å². The van der Waals surface area contributed by atoms with Gasteiger partial charge in [-0.05, 0) is 18.2 Å². The largest absolute Gasteiger partial charge is 0.444 e. The number of aromatic nitrogens is 1. The normalized spacial score (nSPS) is 9.73. The van der Waals surface area contributed by atoms with E-state index in [9.17, 15) is 0 Å². The molecule has 0 amide bonds. The van der Waals surface area contributed by atoms with Gasteiger partial charge < -0.3 is 10.2 Å². The van der Waals surface area contributed by atoms with E-state index in [-0.39, 0.29) is 12.4 Å². The van der Waals surface area contributed by atoms with Crippen molar-refractivity contribution in [1.82, 2.24) is 4.98 Å². The van der Waals surface area contributed by atoms with Gasteiger partial charge in [-0.25, -0.2) is 4.98 Å². The zero-order valence-electron chi connectivity index (χ0n) is 7.81. The highest BCUT2D eigenvalue weighted by Gasteiger charge is 2.05. The average Bonchev–Trinajstić information content (AvgIpc) is 2.66. The van der Waals surface area contributed by atoms with Crippen LogP contribution in [0.1, 0.15) is 5.69 Å². The molecule has 2 N–H and O–H groups in total. The molecule has 0 aliphatic carbocycles. The smallest absolute Gasteiger partial charge is 0.226 e. The molecule has 1 aromatic carbocycles. The van der Waals surface area contributed by atoms with Crippen molar-refractivity contribution < 1.29 is 4.42 Å². The van der Waals surface area contributed by atoms with Gasteiger partial charge in [0.25, 0.3) is 0 Å². The van der Waals surface area contributed by atoms with Crippen molar-refractivity contribution in [2.24, 2.45) is 5.73 Å². The predicted molar refractivity (Wildman–Crippen MR) is 64.8 cm³/mol. The number of hydrogen-bond donors (Lipinski definition) is 1. The summed E-state index contributed by atoms with van der Waals surface area (Å²) in [5.74, 6) is 0.603. The first-order valence-corrected chi connectivity index (χ1v) is 4.99. The maximum absolute atomic E-state index is 5.44. The summed E-state index contributed by atoms with van der Waals surface area (Å²) in [5, 5.41) is 0. The highest BCUT2D eigenvalue weighted by Crippen LogP contribution is 2.21. The van der Waals surface area contributed by atoms with Gasteiger partial charge in [-0.2, -0.15) is 0 Å². The Bertz CT molecular complexity index is 444. The molecule has 0 saturated carbocycles. The van der Waals surface area contributed by atoms with E-state index in [1.165, 1.54) is 0 Å². The van der Waals surface area contributed by atoms with Gasteiger partial charge in [0, 0.05) is 16.6 Å². The zero-order chi connectivity index (χ0) is 9.97. The number of oxazole rings is 1. The number of hydrogen-bond acceptors (Lipinski definition) is 3. The van der Waals surface area contributed by atoms with Crippen molar-refractivity contribution in [2.45, 2.75) is 6.54 Å². The summed E-state index contributed by atoms with van der Waals surface area (Å²) in [4.78, 5) is 4.23. The van der Waals surface area contributed by atoms with Crippen LogP contribution in [0.2, 0.25) is 0 Å². The van der Waals surface area contributed by atoms with Crippen LogP contribution in [-0.2, 0) is 6.54 Å². The van der Waals surface area contributed by atoms with Gasteiger partial charge in [-0.3, -0.25) is 0 Å². The summed E-state index contributed by atoms with van der Waals surface area (Å²) < 4.78 is 6.29. The van der Waals surface area contributed by atoms with E-state index in [1.807, 2.05) is 24.3 Å². The second-order valence-electron chi connectivity index (χ2n) is 2.86. The molecule has 2 aromatic rings. The van der Waals surface area contributed by atoms with Crippen LogP contribution in [0.25, 0.3) is 11.5 Å². The molecule has 5 heteroatoms. The molecule has 0 aliphatic rings. The van der Waals surface area contributed by atoms with Crippen molar-refractivity contribution in [3.8, 4) is 11.5 Å². The molecule has 2 rings (SSSR count). The Hall–Kier alpha value is -0.840. The molecular formula is C10H10BrClN2O. The van der Waals surface area contributed by atoms with Crippen molar-refractivity contribution in [3.63, 3.8) is 0 Å². The maximum atomic E-state index is 5.44. The molecule has 1 heterocycles. The number of halogens is 2. The van der Waals surface area contributed by atoms with Crippen LogP contribution in [0.4, 0.5) is 0 Å². The molecule has 3 nitrogen and oxygen atoms in total. The van der Waals surface area contributed by atoms with Gasteiger partial charge in [-0.15, -0.1) is 12.4 Å². The first-order chi connectivity index (χ1) is 6.79. The topological polar surface area (TPSA) is 52.0 Å². The highest BCUT2D eigenvalue weighted by molar-refractivity contribution is 9.10. The Kier molecular flexibility index (Phi) is 4.32. The molecule has 0 aliphatic heterocycles. The molecule has 0 bridgehead atoms. The first kappa shape index (κ1) is 12.2. The molecule has 0 spiro atoms. The molecule has 1 aromatic heterocycles. The van der Waals surface area contributed by atoms with E-state index in [0.717, 1.165) is 15.7 Å². The van der Waals surface area contributed by atoms with Crippen LogP contribution < -0.4 is 5.73 Å². The van der Waals surface area contributed by atoms with Gasteiger partial charge in [0.15, 0.2) is 0 Å². The minimum absolute atomic E-state index is 0. The van der Waals surface area contributed by atoms with Gasteiger partial charge in [-0.1, -0.05) is 22.0 Å². The SMILES string of the molecule is Cl.NCc1coc(-c2cccc(Br)c2)n1. The van der Waals surface area contributed by atoms with E-state index in [1.54, 1.807) is 6.26 Å². The molecule has 0 atom stereocenters. The molecule has 15 heavy (non-hydrogen) atoms. The van der Waals surface area contributed by atoms with E-state index in [0.29, 0.717) is 12.4 Å². The minimum atomic E-state index is 0. The van der Waals surface area contributed by atoms with Crippen molar-refractivity contribution in [2.75, 3.05) is 0 Å². The lowest BCUT2D eigenvalue weighted by Gasteiger charge is -1.94. The van der Waals surface area contributed by atoms with Crippen LogP contribution in [0.15, 0.2) is 39.4 Å². The Labute approximate surface area is 102 Å². The Morgan fingerprint density at radius 2 is 2.20 bits per heavy atom. The fourth-order valence-electron chi connectivity index (χ4n) is 1.15. The van der Waals surface area contributed by atoms with Crippen LogP contribution in [0.3, 0.4) is 0 Å². The predicted octanol–water partition coefficient (Wildman–Crippen LogP) is 2.98. The van der Waals surface area contributed by atoms with Crippen LogP contribution >= 0.6 is 28.3 Å². The lowest BCUT2D eigenvalue weighted by Crippen LogP contribution is -1.95. The standard InChI is InChI=1S/C10H9BrN2O.ClH/c11-8-3-1-2-7(4-8)10-13-9(5-12)6-14-10;/h1-4,6H,5,12H2;1H. The van der Waals surface area contributed by atoms with Gasteiger partial charge >= 0.3 is 0 Å². The summed E-state index contributed by atoms with van der Waals surface area (Å²) in [6, 6.07) is 7.78. The Morgan fingerprint density at radius 1 is 1.40 bits per heavy atom. The van der Waals surface area contributed by atoms with Crippen LogP contribution in [0, 0.1) is 0 Å². The molecule has 0 saturated heterocycles. The third-order valence-corrected chi connectivity index (χ3v) is 2.33. The average molecular weight is 290 g/mol. The van der Waals surface area contributed by atoms with E-state index in [2.05, 4.69) is 20.9 Å². The number of nitrogens with two attached hydrogens (primary N) is 1. The second kappa shape index (κ2) is 5.30. The number of rotatable bonds is 2. The summed E-state index contributed by atoms with van der Waals surface area (Å²) in [6.07, 6.45) is 1.58. The Morgan fingerprint density at radius 3 is 2.80 bits per heavy atom. The Balaban J connectivity index is 0.00000112. The van der Waals surface area contributed by atoms with E-state index < -0.39 is 0 Å². The fraction of sp³-hybridized carbons (Fsp3) is 0.100. The van der Waals surface area contributed by atoms with Crippen LogP contribution in [-0.4, -0.2) is 4.98 Å². The lowest BCUT2D eigenvalue weighted by molar-refractivity contribution is 0.572. The maximum Gasteiger partial charge on any atom is 0.226 e. The van der Waals surface area contributed by atoms with Gasteiger partial charge in [0.1, 0.15) is 6.26 Å². The van der Waals surface area contributed by atoms with E-state index >= 15 is 0 Å². The van der Waals surface area contributed by atoms with Crippen molar-refractivity contribution in [3.05, 3.63) is 40.7 Å². The highest BCUT2D eigenvalue weighted by atomic mass is 79.9. The summed E-state index contributed by atoms with van der Waals surface area (Å²) in [7, 11) is 0. The summed E-state index contributed by atoms with van der Waals surface area (Å²) in [6.45, 7) is 0.400. The van der Waals surface area contributed by atoms with E-state index in [4.69, 9.17) is 10.2 Å². The van der Waals surface area contributed by atoms with Gasteiger partial charge in [0.05, 0.1) is 5.69 Å².